The van der Waals surface area contributed by atoms with Gasteiger partial charge in [0.1, 0.15) is 0 Å². The van der Waals surface area contributed by atoms with Crippen LogP contribution in [0.25, 0.3) is 0 Å². The minimum absolute atomic E-state index is 0.0400. The molecule has 112 valence electrons. The van der Waals surface area contributed by atoms with Crippen LogP contribution in [-0.4, -0.2) is 24.9 Å². The molecule has 0 bridgehead atoms. The van der Waals surface area contributed by atoms with Gasteiger partial charge in [0.15, 0.2) is 0 Å². The monoisotopic (exact) mass is 290 g/mol. The molecule has 2 N–H and O–H groups in total. The quantitative estimate of drug-likeness (QED) is 0.816. The molecule has 0 aromatic heterocycles. The largest absolute Gasteiger partial charge is 0.317 e. The molecule has 2 amide bonds. The fourth-order valence-electron chi connectivity index (χ4n) is 3.14. The summed E-state index contributed by atoms with van der Waals surface area (Å²) < 4.78 is 14.9. The number of rotatable bonds is 2. The van der Waals surface area contributed by atoms with Crippen LogP contribution in [0.3, 0.4) is 0 Å². The van der Waals surface area contributed by atoms with Crippen molar-refractivity contribution in [2.75, 3.05) is 13.1 Å². The van der Waals surface area contributed by atoms with Crippen LogP contribution >= 0.6 is 0 Å². The molecule has 2 heterocycles. The molecule has 5 heteroatoms. The molecule has 4 nitrogen and oxygen atoms in total. The highest BCUT2D eigenvalue weighted by Crippen LogP contribution is 2.35. The molecular weight excluding hydrogens is 271 g/mol. The summed E-state index contributed by atoms with van der Waals surface area (Å²) in [5, 5.41) is 5.40. The van der Waals surface area contributed by atoms with Gasteiger partial charge < -0.3 is 5.32 Å². The fraction of sp³-hybridized carbons (Fsp3) is 0.500. The minimum Gasteiger partial charge on any atom is -0.317 e. The maximum atomic E-state index is 14.9. The summed E-state index contributed by atoms with van der Waals surface area (Å²) in [4.78, 5) is 22.9. The Kier molecular flexibility index (Phi) is 3.76. The first-order chi connectivity index (χ1) is 10.1. The van der Waals surface area contributed by atoms with Gasteiger partial charge in [0.05, 0.1) is 0 Å². The highest BCUT2D eigenvalue weighted by molar-refractivity contribution is 6.02. The number of alkyl halides is 1. The molecule has 1 aromatic carbocycles. The maximum Gasteiger partial charge on any atom is 0.268 e. The van der Waals surface area contributed by atoms with E-state index in [4.69, 9.17) is 0 Å². The van der Waals surface area contributed by atoms with Crippen LogP contribution in [0.15, 0.2) is 24.3 Å². The number of carbonyl (C=O) groups excluding carboxylic acids is 2. The van der Waals surface area contributed by atoms with Crippen LogP contribution < -0.4 is 10.6 Å². The number of piperidine rings is 2. The second kappa shape index (κ2) is 5.56. The van der Waals surface area contributed by atoms with Crippen LogP contribution in [0.2, 0.25) is 0 Å². The average molecular weight is 290 g/mol. The van der Waals surface area contributed by atoms with E-state index in [-0.39, 0.29) is 12.8 Å². The Hall–Kier alpha value is -1.75. The van der Waals surface area contributed by atoms with Crippen LogP contribution in [-0.2, 0) is 15.3 Å². The maximum absolute atomic E-state index is 14.9. The number of nitrogens with one attached hydrogen (secondary N) is 2. The molecule has 0 unspecified atom stereocenters. The normalized spacial score (nSPS) is 27.5. The van der Waals surface area contributed by atoms with E-state index in [0.717, 1.165) is 25.9 Å². The molecule has 0 radical (unpaired) electrons. The fourth-order valence-corrected chi connectivity index (χ4v) is 3.14. The van der Waals surface area contributed by atoms with E-state index in [1.807, 2.05) is 12.1 Å². The summed E-state index contributed by atoms with van der Waals surface area (Å²) >= 11 is 0. The third-order valence-corrected chi connectivity index (χ3v) is 4.49. The van der Waals surface area contributed by atoms with Crippen molar-refractivity contribution in [1.29, 1.82) is 0 Å². The first-order valence-electron chi connectivity index (χ1n) is 7.44. The molecule has 1 aromatic rings. The van der Waals surface area contributed by atoms with Crippen molar-refractivity contribution in [3.05, 3.63) is 35.4 Å². The SMILES string of the molecule is O=C1CC[C@@](F)(c2ccc(C3CCNCC3)cc2)C(=O)N1. The number of amides is 2. The van der Waals surface area contributed by atoms with Gasteiger partial charge in [-0.1, -0.05) is 24.3 Å². The Morgan fingerprint density at radius 1 is 1.10 bits per heavy atom. The van der Waals surface area contributed by atoms with Crippen molar-refractivity contribution in [2.24, 2.45) is 0 Å². The predicted molar refractivity (Wildman–Crippen MR) is 76.5 cm³/mol. The molecular formula is C16H19FN2O2. The Balaban J connectivity index is 1.80. The molecule has 0 saturated carbocycles. The number of hydrogen-bond acceptors (Lipinski definition) is 3. The molecule has 2 fully saturated rings. The molecule has 2 saturated heterocycles. The summed E-state index contributed by atoms with van der Waals surface area (Å²) in [6.07, 6.45) is 2.12. The summed E-state index contributed by atoms with van der Waals surface area (Å²) in [6, 6.07) is 7.20. The van der Waals surface area contributed by atoms with Gasteiger partial charge in [-0.2, -0.15) is 0 Å². The van der Waals surface area contributed by atoms with E-state index in [0.29, 0.717) is 11.5 Å². The van der Waals surface area contributed by atoms with Crippen LogP contribution in [0.1, 0.15) is 42.7 Å². The topological polar surface area (TPSA) is 58.2 Å². The smallest absolute Gasteiger partial charge is 0.268 e. The van der Waals surface area contributed by atoms with E-state index >= 15 is 0 Å². The van der Waals surface area contributed by atoms with Crippen LogP contribution in [0, 0.1) is 0 Å². The van der Waals surface area contributed by atoms with E-state index in [2.05, 4.69) is 10.6 Å². The standard InChI is InChI=1S/C16H19FN2O2/c17-16(8-5-14(20)19-15(16)21)13-3-1-11(2-4-13)12-6-9-18-10-7-12/h1-4,12,18H,5-10H2,(H,19,20,21)/t16-/m1/s1. The summed E-state index contributed by atoms with van der Waals surface area (Å²) in [7, 11) is 0. The number of halogens is 1. The van der Waals surface area contributed by atoms with Crippen molar-refractivity contribution in [2.45, 2.75) is 37.3 Å². The van der Waals surface area contributed by atoms with Crippen LogP contribution in [0.4, 0.5) is 4.39 Å². The van der Waals surface area contributed by atoms with Crippen molar-refractivity contribution < 1.29 is 14.0 Å². The molecule has 0 aliphatic carbocycles. The van der Waals surface area contributed by atoms with E-state index in [1.165, 1.54) is 5.56 Å². The van der Waals surface area contributed by atoms with Crippen molar-refractivity contribution >= 4 is 11.8 Å². The molecule has 3 rings (SSSR count). The van der Waals surface area contributed by atoms with Crippen LogP contribution in [0.5, 0.6) is 0 Å². The van der Waals surface area contributed by atoms with Crippen molar-refractivity contribution in [3.8, 4) is 0 Å². The zero-order valence-corrected chi connectivity index (χ0v) is 11.8. The molecule has 2 aliphatic heterocycles. The van der Waals surface area contributed by atoms with Gasteiger partial charge in [-0.15, -0.1) is 0 Å². The Labute approximate surface area is 123 Å². The van der Waals surface area contributed by atoms with Gasteiger partial charge in [0.25, 0.3) is 5.91 Å². The van der Waals surface area contributed by atoms with Crippen molar-refractivity contribution in [1.82, 2.24) is 10.6 Å². The lowest BCUT2D eigenvalue weighted by Crippen LogP contribution is -2.49. The van der Waals surface area contributed by atoms with Gasteiger partial charge in [0, 0.05) is 12.8 Å². The Morgan fingerprint density at radius 2 is 1.76 bits per heavy atom. The lowest BCUT2D eigenvalue weighted by Gasteiger charge is -2.29. The summed E-state index contributed by atoms with van der Waals surface area (Å²) in [6.45, 7) is 2.01. The summed E-state index contributed by atoms with van der Waals surface area (Å²) in [5.74, 6) is -0.745. The van der Waals surface area contributed by atoms with E-state index in [9.17, 15) is 14.0 Å². The number of benzene rings is 1. The lowest BCUT2D eigenvalue weighted by atomic mass is 9.84. The zero-order chi connectivity index (χ0) is 14.9. The number of carbonyl (C=O) groups is 2. The Bertz CT molecular complexity index is 552. The van der Waals surface area contributed by atoms with Gasteiger partial charge >= 0.3 is 0 Å². The Morgan fingerprint density at radius 3 is 2.38 bits per heavy atom. The van der Waals surface area contributed by atoms with Gasteiger partial charge in [0.2, 0.25) is 11.6 Å². The van der Waals surface area contributed by atoms with Gasteiger partial charge in [-0.25, -0.2) is 4.39 Å². The second-order valence-electron chi connectivity index (χ2n) is 5.82. The lowest BCUT2D eigenvalue weighted by molar-refractivity contribution is -0.144. The zero-order valence-electron chi connectivity index (χ0n) is 11.8. The minimum atomic E-state index is -2.08. The number of imide groups is 1. The first-order valence-corrected chi connectivity index (χ1v) is 7.44. The highest BCUT2D eigenvalue weighted by Gasteiger charge is 2.44. The number of hydrogen-bond donors (Lipinski definition) is 2. The molecule has 21 heavy (non-hydrogen) atoms. The second-order valence-corrected chi connectivity index (χ2v) is 5.82. The average Bonchev–Trinajstić information content (AvgIpc) is 2.52. The van der Waals surface area contributed by atoms with E-state index < -0.39 is 17.5 Å². The molecule has 2 aliphatic rings. The van der Waals surface area contributed by atoms with Gasteiger partial charge in [-0.3, -0.25) is 14.9 Å². The third kappa shape index (κ3) is 2.70. The van der Waals surface area contributed by atoms with Crippen molar-refractivity contribution in [3.63, 3.8) is 0 Å². The highest BCUT2D eigenvalue weighted by atomic mass is 19.1. The van der Waals surface area contributed by atoms with Gasteiger partial charge in [-0.05, 0) is 43.0 Å². The van der Waals surface area contributed by atoms with E-state index in [1.54, 1.807) is 12.1 Å². The third-order valence-electron chi connectivity index (χ3n) is 4.49. The molecule has 0 spiro atoms. The molecule has 1 atom stereocenters. The first kappa shape index (κ1) is 14.2. The summed E-state index contributed by atoms with van der Waals surface area (Å²) in [5.41, 5.74) is -0.554. The predicted octanol–water partition coefficient (Wildman–Crippen LogP) is 1.75.